The van der Waals surface area contributed by atoms with Crippen LogP contribution in [0.15, 0.2) is 41.4 Å². The monoisotopic (exact) mass is 203 g/mol. The summed E-state index contributed by atoms with van der Waals surface area (Å²) in [6.45, 7) is 6.11. The maximum absolute atomic E-state index is 8.66. The van der Waals surface area contributed by atoms with Gasteiger partial charge in [-0.15, -0.1) is 0 Å². The summed E-state index contributed by atoms with van der Waals surface area (Å²) in [6.07, 6.45) is 3.32. The minimum Gasteiger partial charge on any atom is -0.396 e. The van der Waals surface area contributed by atoms with Gasteiger partial charge in [-0.2, -0.15) is 0 Å². The maximum Gasteiger partial charge on any atom is 0.0658 e. The number of para-hydroxylation sites is 1. The molecule has 0 aliphatic rings. The van der Waals surface area contributed by atoms with E-state index in [9.17, 15) is 0 Å². The highest BCUT2D eigenvalue weighted by atomic mass is 16.2. The number of nitrogens with zero attached hydrogens (tertiary/aromatic N) is 1. The standard InChI is InChI=1S/C13H17NO/c1-11(6-5-9-15)10-14-13-8-4-3-7-12(13)2/h3-4,7-8,10,15H,1,5-6,9H2,2H3. The molecule has 15 heavy (non-hydrogen) atoms. The number of rotatable bonds is 5. The molecular weight excluding hydrogens is 186 g/mol. The van der Waals surface area contributed by atoms with E-state index in [4.69, 9.17) is 5.11 Å². The first-order valence-corrected chi connectivity index (χ1v) is 5.12. The highest BCUT2D eigenvalue weighted by Crippen LogP contribution is 2.16. The van der Waals surface area contributed by atoms with Gasteiger partial charge in [-0.05, 0) is 37.0 Å². The number of aliphatic hydroxyl groups excluding tert-OH is 1. The first-order valence-electron chi connectivity index (χ1n) is 5.12. The molecule has 80 valence electrons. The predicted octanol–water partition coefficient (Wildman–Crippen LogP) is 3.03. The van der Waals surface area contributed by atoms with Crippen molar-refractivity contribution in [1.29, 1.82) is 0 Å². The van der Waals surface area contributed by atoms with Crippen LogP contribution >= 0.6 is 0 Å². The number of allylic oxidation sites excluding steroid dienone is 1. The Morgan fingerprint density at radius 2 is 2.20 bits per heavy atom. The van der Waals surface area contributed by atoms with E-state index < -0.39 is 0 Å². The SMILES string of the molecule is C=C(C=Nc1ccccc1C)CCCO. The van der Waals surface area contributed by atoms with Crippen molar-refractivity contribution in [3.05, 3.63) is 42.0 Å². The number of aryl methyl sites for hydroxylation is 1. The fourth-order valence-corrected chi connectivity index (χ4v) is 1.24. The zero-order chi connectivity index (χ0) is 11.1. The quantitative estimate of drug-likeness (QED) is 0.733. The van der Waals surface area contributed by atoms with Crippen LogP contribution in [0.5, 0.6) is 0 Å². The molecule has 0 radical (unpaired) electrons. The molecule has 0 amide bonds. The number of aliphatic hydroxyl groups is 1. The van der Waals surface area contributed by atoms with Crippen LogP contribution in [0.2, 0.25) is 0 Å². The van der Waals surface area contributed by atoms with Crippen molar-refractivity contribution in [2.75, 3.05) is 6.61 Å². The molecule has 0 bridgehead atoms. The van der Waals surface area contributed by atoms with Crippen molar-refractivity contribution < 1.29 is 5.11 Å². The van der Waals surface area contributed by atoms with Crippen LogP contribution in [-0.2, 0) is 0 Å². The van der Waals surface area contributed by atoms with Gasteiger partial charge >= 0.3 is 0 Å². The molecule has 0 spiro atoms. The van der Waals surface area contributed by atoms with E-state index in [1.807, 2.05) is 31.2 Å². The van der Waals surface area contributed by atoms with Crippen molar-refractivity contribution in [2.45, 2.75) is 19.8 Å². The largest absolute Gasteiger partial charge is 0.396 e. The average molecular weight is 203 g/mol. The Labute approximate surface area is 91.0 Å². The molecule has 0 saturated carbocycles. The minimum absolute atomic E-state index is 0.206. The molecule has 0 aliphatic heterocycles. The van der Waals surface area contributed by atoms with Crippen LogP contribution < -0.4 is 0 Å². The Morgan fingerprint density at radius 3 is 2.87 bits per heavy atom. The molecule has 1 N–H and O–H groups in total. The van der Waals surface area contributed by atoms with Crippen LogP contribution in [0.4, 0.5) is 5.69 Å². The predicted molar refractivity (Wildman–Crippen MR) is 64.8 cm³/mol. The van der Waals surface area contributed by atoms with Crippen LogP contribution in [-0.4, -0.2) is 17.9 Å². The second-order valence-electron chi connectivity index (χ2n) is 3.53. The number of aliphatic imine (C=N–C) groups is 1. The third-order valence-corrected chi connectivity index (χ3v) is 2.16. The maximum atomic E-state index is 8.66. The first kappa shape index (κ1) is 11.7. The summed E-state index contributed by atoms with van der Waals surface area (Å²) in [6, 6.07) is 7.97. The van der Waals surface area contributed by atoms with Crippen molar-refractivity contribution in [2.24, 2.45) is 4.99 Å². The Morgan fingerprint density at radius 1 is 1.47 bits per heavy atom. The van der Waals surface area contributed by atoms with Crippen molar-refractivity contribution in [1.82, 2.24) is 0 Å². The molecule has 2 heteroatoms. The Hall–Kier alpha value is -1.41. The second-order valence-corrected chi connectivity index (χ2v) is 3.53. The van der Waals surface area contributed by atoms with Crippen LogP contribution in [0.25, 0.3) is 0 Å². The van der Waals surface area contributed by atoms with E-state index in [-0.39, 0.29) is 6.61 Å². The summed E-state index contributed by atoms with van der Waals surface area (Å²) < 4.78 is 0. The lowest BCUT2D eigenvalue weighted by atomic mass is 10.2. The highest BCUT2D eigenvalue weighted by molar-refractivity contribution is 5.80. The van der Waals surface area contributed by atoms with Gasteiger partial charge in [-0.1, -0.05) is 24.8 Å². The minimum atomic E-state index is 0.206. The molecule has 0 unspecified atom stereocenters. The van der Waals surface area contributed by atoms with Crippen molar-refractivity contribution in [3.63, 3.8) is 0 Å². The number of hydrogen-bond donors (Lipinski definition) is 1. The van der Waals surface area contributed by atoms with E-state index in [1.54, 1.807) is 6.21 Å². The van der Waals surface area contributed by atoms with Crippen LogP contribution in [0.1, 0.15) is 18.4 Å². The van der Waals surface area contributed by atoms with Gasteiger partial charge in [0.05, 0.1) is 5.69 Å². The zero-order valence-corrected chi connectivity index (χ0v) is 9.11. The lowest BCUT2D eigenvalue weighted by Crippen LogP contribution is -1.87. The van der Waals surface area contributed by atoms with Gasteiger partial charge in [0.1, 0.15) is 0 Å². The van der Waals surface area contributed by atoms with E-state index >= 15 is 0 Å². The molecule has 0 aliphatic carbocycles. The van der Waals surface area contributed by atoms with E-state index in [1.165, 1.54) is 0 Å². The van der Waals surface area contributed by atoms with Gasteiger partial charge in [0.2, 0.25) is 0 Å². The number of hydrogen-bond acceptors (Lipinski definition) is 2. The van der Waals surface area contributed by atoms with Crippen molar-refractivity contribution in [3.8, 4) is 0 Å². The van der Waals surface area contributed by atoms with Crippen molar-refractivity contribution >= 4 is 11.9 Å². The summed E-state index contributed by atoms with van der Waals surface area (Å²) in [4.78, 5) is 4.35. The topological polar surface area (TPSA) is 32.6 Å². The molecule has 0 atom stereocenters. The van der Waals surface area contributed by atoms with Gasteiger partial charge < -0.3 is 5.11 Å². The molecule has 0 fully saturated rings. The van der Waals surface area contributed by atoms with Gasteiger partial charge in [0.15, 0.2) is 0 Å². The third-order valence-electron chi connectivity index (χ3n) is 2.16. The summed E-state index contributed by atoms with van der Waals surface area (Å²) in [5, 5.41) is 8.66. The number of benzene rings is 1. The second kappa shape index (κ2) is 6.14. The molecule has 0 heterocycles. The third kappa shape index (κ3) is 4.09. The summed E-state index contributed by atoms with van der Waals surface area (Å²) in [5.74, 6) is 0. The molecule has 0 aromatic heterocycles. The normalized spacial score (nSPS) is 10.8. The van der Waals surface area contributed by atoms with Crippen LogP contribution in [0, 0.1) is 6.92 Å². The van der Waals surface area contributed by atoms with Gasteiger partial charge in [0.25, 0.3) is 0 Å². The zero-order valence-electron chi connectivity index (χ0n) is 9.11. The van der Waals surface area contributed by atoms with Crippen LogP contribution in [0.3, 0.4) is 0 Å². The van der Waals surface area contributed by atoms with E-state index in [2.05, 4.69) is 11.6 Å². The molecular formula is C13H17NO. The fraction of sp³-hybridized carbons (Fsp3) is 0.308. The Bertz CT molecular complexity index is 355. The fourth-order valence-electron chi connectivity index (χ4n) is 1.24. The first-order chi connectivity index (χ1) is 7.24. The molecule has 1 rings (SSSR count). The summed E-state index contributed by atoms with van der Waals surface area (Å²) in [7, 11) is 0. The Balaban J connectivity index is 2.58. The van der Waals surface area contributed by atoms with Gasteiger partial charge in [0, 0.05) is 12.8 Å². The smallest absolute Gasteiger partial charge is 0.0658 e. The molecule has 0 saturated heterocycles. The molecule has 1 aromatic rings. The molecule has 1 aromatic carbocycles. The van der Waals surface area contributed by atoms with Gasteiger partial charge in [-0.25, -0.2) is 0 Å². The lowest BCUT2D eigenvalue weighted by Gasteiger charge is -1.99. The highest BCUT2D eigenvalue weighted by Gasteiger charge is 1.93. The van der Waals surface area contributed by atoms with E-state index in [0.717, 1.165) is 29.7 Å². The Kier molecular flexibility index (Phi) is 4.78. The summed E-state index contributed by atoms with van der Waals surface area (Å²) in [5.41, 5.74) is 3.08. The van der Waals surface area contributed by atoms with E-state index in [0.29, 0.717) is 0 Å². The summed E-state index contributed by atoms with van der Waals surface area (Å²) >= 11 is 0. The van der Waals surface area contributed by atoms with Gasteiger partial charge in [-0.3, -0.25) is 4.99 Å². The average Bonchev–Trinajstić information content (AvgIpc) is 2.25. The molecule has 2 nitrogen and oxygen atoms in total. The lowest BCUT2D eigenvalue weighted by molar-refractivity contribution is 0.289.